The van der Waals surface area contributed by atoms with Gasteiger partial charge < -0.3 is 10.3 Å². The number of hydrogen-bond donors (Lipinski definition) is 2. The molecule has 5 heteroatoms. The third-order valence-electron chi connectivity index (χ3n) is 4.44. The highest BCUT2D eigenvalue weighted by atomic mass is 32.2. The predicted octanol–water partition coefficient (Wildman–Crippen LogP) is 5.33. The largest absolute Gasteiger partial charge is 0.326 e. The number of anilines is 1. The molecule has 1 aromatic heterocycles. The van der Waals surface area contributed by atoms with Crippen LogP contribution in [0.1, 0.15) is 44.7 Å². The predicted molar refractivity (Wildman–Crippen MR) is 118 cm³/mol. The van der Waals surface area contributed by atoms with Crippen molar-refractivity contribution >= 4 is 34.3 Å². The maximum atomic E-state index is 12.4. The van der Waals surface area contributed by atoms with Crippen molar-refractivity contribution in [2.75, 3.05) is 5.32 Å². The van der Waals surface area contributed by atoms with Crippen LogP contribution in [0.25, 0.3) is 10.9 Å². The van der Waals surface area contributed by atoms with Crippen LogP contribution in [0.3, 0.4) is 0 Å². The molecule has 2 aromatic carbocycles. The molecule has 0 saturated heterocycles. The van der Waals surface area contributed by atoms with E-state index in [1.54, 1.807) is 17.8 Å². The number of nitrogens with one attached hydrogen (secondary N) is 2. The van der Waals surface area contributed by atoms with E-state index in [4.69, 9.17) is 0 Å². The third-order valence-corrected chi connectivity index (χ3v) is 5.46. The van der Waals surface area contributed by atoms with Crippen LogP contribution in [0.15, 0.2) is 58.2 Å². The average Bonchev–Trinajstić information content (AvgIpc) is 2.61. The molecule has 0 aliphatic carbocycles. The number of carbonyl (C=O) groups is 1. The molecule has 1 heterocycles. The molecule has 0 bridgehead atoms. The van der Waals surface area contributed by atoms with Crippen LogP contribution in [-0.2, 0) is 11.2 Å². The maximum absolute atomic E-state index is 12.4. The standard InChI is InChI=1S/C23H26N2O2S/c1-14(2)20-13-23(27)25-21-12-17(7-10-19(20)21)24-22(26)11-16-5-8-18(9-6-16)28-15(3)4/h5-10,12-15H,11H2,1-4H3,(H,24,26)(H,25,27). The Kier molecular flexibility index (Phi) is 6.25. The summed E-state index contributed by atoms with van der Waals surface area (Å²) in [7, 11) is 0. The van der Waals surface area contributed by atoms with Crippen LogP contribution in [-0.4, -0.2) is 16.1 Å². The maximum Gasteiger partial charge on any atom is 0.248 e. The smallest absolute Gasteiger partial charge is 0.248 e. The van der Waals surface area contributed by atoms with Gasteiger partial charge in [0.15, 0.2) is 0 Å². The van der Waals surface area contributed by atoms with Gasteiger partial charge in [0, 0.05) is 27.3 Å². The van der Waals surface area contributed by atoms with Gasteiger partial charge in [-0.05, 0) is 41.3 Å². The van der Waals surface area contributed by atoms with E-state index in [1.807, 2.05) is 30.3 Å². The molecule has 0 unspecified atom stereocenters. The number of aromatic amines is 1. The van der Waals surface area contributed by atoms with Crippen LogP contribution >= 0.6 is 11.8 Å². The second-order valence-corrected chi connectivity index (χ2v) is 9.19. The number of hydrogen-bond acceptors (Lipinski definition) is 3. The van der Waals surface area contributed by atoms with E-state index in [2.05, 4.69) is 50.1 Å². The summed E-state index contributed by atoms with van der Waals surface area (Å²) < 4.78 is 0. The Bertz CT molecular complexity index is 1040. The first kappa shape index (κ1) is 20.2. The summed E-state index contributed by atoms with van der Waals surface area (Å²) in [5.41, 5.74) is 3.28. The molecule has 0 radical (unpaired) electrons. The fourth-order valence-electron chi connectivity index (χ4n) is 3.19. The highest BCUT2D eigenvalue weighted by Gasteiger charge is 2.10. The summed E-state index contributed by atoms with van der Waals surface area (Å²) >= 11 is 1.80. The third kappa shape index (κ3) is 5.04. The van der Waals surface area contributed by atoms with Crippen LogP contribution in [0.5, 0.6) is 0 Å². The van der Waals surface area contributed by atoms with Crippen LogP contribution < -0.4 is 10.9 Å². The molecular formula is C23H26N2O2S. The minimum absolute atomic E-state index is 0.0778. The van der Waals surface area contributed by atoms with Crippen molar-refractivity contribution in [3.63, 3.8) is 0 Å². The summed E-state index contributed by atoms with van der Waals surface area (Å²) in [5, 5.41) is 4.47. The first-order chi connectivity index (χ1) is 13.3. The normalized spacial score (nSPS) is 11.4. The van der Waals surface area contributed by atoms with Crippen molar-refractivity contribution in [3.8, 4) is 0 Å². The van der Waals surface area contributed by atoms with E-state index >= 15 is 0 Å². The molecule has 0 aliphatic rings. The van der Waals surface area contributed by atoms with Crippen LogP contribution in [0.4, 0.5) is 5.69 Å². The van der Waals surface area contributed by atoms with Gasteiger partial charge in [-0.3, -0.25) is 9.59 Å². The van der Waals surface area contributed by atoms with E-state index in [1.165, 1.54) is 4.90 Å². The molecule has 0 atom stereocenters. The number of fused-ring (bicyclic) bond motifs is 1. The first-order valence-corrected chi connectivity index (χ1v) is 10.4. The van der Waals surface area contributed by atoms with Gasteiger partial charge >= 0.3 is 0 Å². The van der Waals surface area contributed by atoms with Crippen molar-refractivity contribution < 1.29 is 4.79 Å². The van der Waals surface area contributed by atoms with Crippen LogP contribution in [0, 0.1) is 0 Å². The van der Waals surface area contributed by atoms with E-state index < -0.39 is 0 Å². The van der Waals surface area contributed by atoms with Crippen molar-refractivity contribution in [1.29, 1.82) is 0 Å². The zero-order valence-electron chi connectivity index (χ0n) is 16.7. The molecule has 28 heavy (non-hydrogen) atoms. The lowest BCUT2D eigenvalue weighted by Gasteiger charge is -2.11. The summed E-state index contributed by atoms with van der Waals surface area (Å²) in [6.07, 6.45) is 0.313. The Labute approximate surface area is 169 Å². The average molecular weight is 395 g/mol. The molecule has 4 nitrogen and oxygen atoms in total. The number of amides is 1. The molecule has 0 spiro atoms. The molecule has 0 aliphatic heterocycles. The highest BCUT2D eigenvalue weighted by Crippen LogP contribution is 2.25. The fraction of sp³-hybridized carbons (Fsp3) is 0.304. The zero-order valence-corrected chi connectivity index (χ0v) is 17.5. The number of carbonyl (C=O) groups excluding carboxylic acids is 1. The van der Waals surface area contributed by atoms with Gasteiger partial charge in [-0.1, -0.05) is 45.9 Å². The minimum atomic E-state index is -0.126. The molecule has 1 amide bonds. The van der Waals surface area contributed by atoms with Gasteiger partial charge in [0.25, 0.3) is 0 Å². The lowest BCUT2D eigenvalue weighted by molar-refractivity contribution is -0.115. The molecule has 0 fully saturated rings. The van der Waals surface area contributed by atoms with Gasteiger partial charge in [-0.25, -0.2) is 0 Å². The Morgan fingerprint density at radius 3 is 2.39 bits per heavy atom. The minimum Gasteiger partial charge on any atom is -0.326 e. The molecule has 2 N–H and O–H groups in total. The lowest BCUT2D eigenvalue weighted by atomic mass is 9.99. The van der Waals surface area contributed by atoms with E-state index in [0.29, 0.717) is 17.4 Å². The second-order valence-electron chi connectivity index (χ2n) is 7.54. The highest BCUT2D eigenvalue weighted by molar-refractivity contribution is 7.99. The Morgan fingerprint density at radius 1 is 1.04 bits per heavy atom. The Morgan fingerprint density at radius 2 is 1.75 bits per heavy atom. The van der Waals surface area contributed by atoms with Crippen molar-refractivity contribution in [3.05, 3.63) is 70.0 Å². The molecule has 146 valence electrons. The quantitative estimate of drug-likeness (QED) is 0.555. The van der Waals surface area contributed by atoms with Gasteiger partial charge in [0.1, 0.15) is 0 Å². The Hall–Kier alpha value is -2.53. The number of pyridine rings is 1. The van der Waals surface area contributed by atoms with Gasteiger partial charge in [0.05, 0.1) is 11.9 Å². The second kappa shape index (κ2) is 8.65. The van der Waals surface area contributed by atoms with E-state index in [-0.39, 0.29) is 17.4 Å². The van der Waals surface area contributed by atoms with Crippen LogP contribution in [0.2, 0.25) is 0 Å². The number of benzene rings is 2. The number of rotatable bonds is 6. The van der Waals surface area contributed by atoms with Gasteiger partial charge in [0.2, 0.25) is 11.5 Å². The molecule has 0 saturated carbocycles. The molecular weight excluding hydrogens is 368 g/mol. The lowest BCUT2D eigenvalue weighted by Crippen LogP contribution is -2.14. The van der Waals surface area contributed by atoms with E-state index in [0.717, 1.165) is 22.0 Å². The van der Waals surface area contributed by atoms with Gasteiger partial charge in [-0.2, -0.15) is 0 Å². The summed E-state index contributed by atoms with van der Waals surface area (Å²) in [5.74, 6) is 0.174. The van der Waals surface area contributed by atoms with Gasteiger partial charge in [-0.15, -0.1) is 11.8 Å². The number of H-pyrrole nitrogens is 1. The van der Waals surface area contributed by atoms with E-state index in [9.17, 15) is 9.59 Å². The summed E-state index contributed by atoms with van der Waals surface area (Å²) in [4.78, 5) is 28.4. The van der Waals surface area contributed by atoms with Crippen molar-refractivity contribution in [2.45, 2.75) is 50.2 Å². The fourth-order valence-corrected chi connectivity index (χ4v) is 4.03. The Balaban J connectivity index is 1.73. The molecule has 3 rings (SSSR count). The number of aromatic nitrogens is 1. The number of thioether (sulfide) groups is 1. The summed E-state index contributed by atoms with van der Waals surface area (Å²) in [6, 6.07) is 15.4. The monoisotopic (exact) mass is 394 g/mol. The summed E-state index contributed by atoms with van der Waals surface area (Å²) in [6.45, 7) is 8.45. The van der Waals surface area contributed by atoms with Crippen molar-refractivity contribution in [1.82, 2.24) is 4.98 Å². The zero-order chi connectivity index (χ0) is 20.3. The SMILES string of the molecule is CC(C)Sc1ccc(CC(=O)Nc2ccc3c(C(C)C)cc(=O)[nH]c3c2)cc1. The van der Waals surface area contributed by atoms with Crippen molar-refractivity contribution in [2.24, 2.45) is 0 Å². The molecule has 3 aromatic rings. The first-order valence-electron chi connectivity index (χ1n) is 9.54. The topological polar surface area (TPSA) is 62.0 Å².